The van der Waals surface area contributed by atoms with E-state index in [0.717, 1.165) is 12.8 Å². The van der Waals surface area contributed by atoms with Crippen molar-refractivity contribution < 1.29 is 9.59 Å². The average Bonchev–Trinajstić information content (AvgIpc) is 2.98. The monoisotopic (exact) mass is 255 g/mol. The number of carbonyl (C=O) groups excluding carboxylic acids is 2. The maximum atomic E-state index is 11.5. The van der Waals surface area contributed by atoms with E-state index >= 15 is 0 Å². The summed E-state index contributed by atoms with van der Waals surface area (Å²) in [5.41, 5.74) is -0.179. The van der Waals surface area contributed by atoms with Crippen LogP contribution in [0.2, 0.25) is 0 Å². The van der Waals surface area contributed by atoms with Gasteiger partial charge in [-0.1, -0.05) is 0 Å². The van der Waals surface area contributed by atoms with E-state index in [1.165, 1.54) is 0 Å². The molecular weight excluding hydrogens is 230 g/mol. The highest BCUT2D eigenvalue weighted by Gasteiger charge is 2.22. The molecule has 0 spiro atoms. The molecule has 0 saturated heterocycles. The van der Waals surface area contributed by atoms with Gasteiger partial charge in [-0.2, -0.15) is 0 Å². The minimum Gasteiger partial charge on any atom is -0.353 e. The van der Waals surface area contributed by atoms with Crippen molar-refractivity contribution in [3.05, 3.63) is 0 Å². The van der Waals surface area contributed by atoms with Gasteiger partial charge in [-0.05, 0) is 33.6 Å². The fourth-order valence-corrected chi connectivity index (χ4v) is 1.54. The number of rotatable bonds is 7. The maximum absolute atomic E-state index is 11.5. The van der Waals surface area contributed by atoms with Gasteiger partial charge in [0.2, 0.25) is 11.8 Å². The standard InChI is InChI=1S/C13H25N3O2/c1-13(2,3)16-12(18)7-9-14-8-6-11(17)15-10-4-5-10/h10,14H,4-9H2,1-3H3,(H,15,17)(H,16,18). The summed E-state index contributed by atoms with van der Waals surface area (Å²) in [5, 5.41) is 8.93. The smallest absolute Gasteiger partial charge is 0.221 e. The lowest BCUT2D eigenvalue weighted by Gasteiger charge is -2.20. The number of carbonyl (C=O) groups is 2. The Morgan fingerprint density at radius 3 is 2.11 bits per heavy atom. The molecule has 2 amide bonds. The van der Waals surface area contributed by atoms with E-state index in [-0.39, 0.29) is 17.4 Å². The van der Waals surface area contributed by atoms with E-state index in [9.17, 15) is 9.59 Å². The summed E-state index contributed by atoms with van der Waals surface area (Å²) in [7, 11) is 0. The molecule has 3 N–H and O–H groups in total. The fraction of sp³-hybridized carbons (Fsp3) is 0.846. The van der Waals surface area contributed by atoms with Crippen LogP contribution in [0, 0.1) is 0 Å². The van der Waals surface area contributed by atoms with Crippen LogP contribution < -0.4 is 16.0 Å². The topological polar surface area (TPSA) is 70.2 Å². The highest BCUT2D eigenvalue weighted by molar-refractivity contribution is 5.77. The van der Waals surface area contributed by atoms with E-state index in [1.807, 2.05) is 20.8 Å². The molecule has 18 heavy (non-hydrogen) atoms. The van der Waals surface area contributed by atoms with E-state index in [2.05, 4.69) is 16.0 Å². The molecule has 5 nitrogen and oxygen atoms in total. The quantitative estimate of drug-likeness (QED) is 0.582. The van der Waals surface area contributed by atoms with Crippen molar-refractivity contribution >= 4 is 11.8 Å². The number of hydrogen-bond acceptors (Lipinski definition) is 3. The van der Waals surface area contributed by atoms with Gasteiger partial charge < -0.3 is 16.0 Å². The molecule has 0 aromatic carbocycles. The normalized spacial score (nSPS) is 15.3. The Morgan fingerprint density at radius 1 is 1.06 bits per heavy atom. The lowest BCUT2D eigenvalue weighted by atomic mass is 10.1. The van der Waals surface area contributed by atoms with E-state index in [1.54, 1.807) is 0 Å². The number of nitrogens with one attached hydrogen (secondary N) is 3. The van der Waals surface area contributed by atoms with Crippen molar-refractivity contribution in [2.24, 2.45) is 0 Å². The summed E-state index contributed by atoms with van der Waals surface area (Å²) in [5.74, 6) is 0.140. The third-order valence-corrected chi connectivity index (χ3v) is 2.51. The van der Waals surface area contributed by atoms with Crippen molar-refractivity contribution in [1.29, 1.82) is 0 Å². The minimum atomic E-state index is -0.179. The zero-order valence-electron chi connectivity index (χ0n) is 11.6. The van der Waals surface area contributed by atoms with E-state index < -0.39 is 0 Å². The van der Waals surface area contributed by atoms with Crippen LogP contribution in [-0.2, 0) is 9.59 Å². The van der Waals surface area contributed by atoms with Gasteiger partial charge in [0.1, 0.15) is 0 Å². The third kappa shape index (κ3) is 8.06. The first kappa shape index (κ1) is 15.0. The Bertz CT molecular complexity index is 293. The molecule has 0 aliphatic heterocycles. The second-order valence-corrected chi connectivity index (χ2v) is 5.89. The molecule has 104 valence electrons. The predicted octanol–water partition coefficient (Wildman–Crippen LogP) is 0.550. The molecule has 0 aromatic heterocycles. The summed E-state index contributed by atoms with van der Waals surface area (Å²) < 4.78 is 0. The van der Waals surface area contributed by atoms with Crippen molar-refractivity contribution in [2.75, 3.05) is 13.1 Å². The van der Waals surface area contributed by atoms with Gasteiger partial charge in [-0.25, -0.2) is 0 Å². The molecule has 0 aromatic rings. The van der Waals surface area contributed by atoms with Crippen LogP contribution in [0.5, 0.6) is 0 Å². The molecule has 1 aliphatic rings. The Labute approximate surface area is 109 Å². The van der Waals surface area contributed by atoms with Crippen LogP contribution in [0.4, 0.5) is 0 Å². The average molecular weight is 255 g/mol. The summed E-state index contributed by atoms with van der Waals surface area (Å²) >= 11 is 0. The SMILES string of the molecule is CC(C)(C)NC(=O)CCNCCC(=O)NC1CC1. The summed E-state index contributed by atoms with van der Waals surface area (Å²) in [6.07, 6.45) is 3.16. The van der Waals surface area contributed by atoms with Gasteiger partial charge in [-0.15, -0.1) is 0 Å². The van der Waals surface area contributed by atoms with Crippen molar-refractivity contribution in [1.82, 2.24) is 16.0 Å². The van der Waals surface area contributed by atoms with Gasteiger partial charge in [0, 0.05) is 37.5 Å². The number of amides is 2. The van der Waals surface area contributed by atoms with Crippen molar-refractivity contribution in [2.45, 2.75) is 58.0 Å². The van der Waals surface area contributed by atoms with Gasteiger partial charge in [0.15, 0.2) is 0 Å². The van der Waals surface area contributed by atoms with Crippen LogP contribution in [0.3, 0.4) is 0 Å². The molecule has 0 unspecified atom stereocenters. The first-order valence-electron chi connectivity index (χ1n) is 6.68. The van der Waals surface area contributed by atoms with Gasteiger partial charge in [-0.3, -0.25) is 9.59 Å². The van der Waals surface area contributed by atoms with Gasteiger partial charge in [0.25, 0.3) is 0 Å². The molecule has 0 bridgehead atoms. The molecule has 1 fully saturated rings. The zero-order valence-corrected chi connectivity index (χ0v) is 11.6. The summed E-state index contributed by atoms with van der Waals surface area (Å²) in [6.45, 7) is 7.11. The van der Waals surface area contributed by atoms with Gasteiger partial charge in [0.05, 0.1) is 0 Å². The summed E-state index contributed by atoms with van der Waals surface area (Å²) in [6, 6.07) is 0.426. The molecule has 1 rings (SSSR count). The largest absolute Gasteiger partial charge is 0.353 e. The molecule has 0 atom stereocenters. The lowest BCUT2D eigenvalue weighted by Crippen LogP contribution is -2.41. The Balaban J connectivity index is 1.94. The van der Waals surface area contributed by atoms with Gasteiger partial charge >= 0.3 is 0 Å². The highest BCUT2D eigenvalue weighted by atomic mass is 16.2. The first-order chi connectivity index (χ1) is 8.37. The first-order valence-corrected chi connectivity index (χ1v) is 6.68. The Kier molecular flexibility index (Phi) is 5.59. The molecule has 1 saturated carbocycles. The van der Waals surface area contributed by atoms with Crippen LogP contribution in [0.25, 0.3) is 0 Å². The molecule has 0 radical (unpaired) electrons. The Hall–Kier alpha value is -1.10. The van der Waals surface area contributed by atoms with Crippen LogP contribution in [-0.4, -0.2) is 36.5 Å². The minimum absolute atomic E-state index is 0.0393. The summed E-state index contributed by atoms with van der Waals surface area (Å²) in [4.78, 5) is 22.8. The maximum Gasteiger partial charge on any atom is 0.221 e. The fourth-order valence-electron chi connectivity index (χ4n) is 1.54. The third-order valence-electron chi connectivity index (χ3n) is 2.51. The Morgan fingerprint density at radius 2 is 1.61 bits per heavy atom. The molecule has 5 heteroatoms. The second-order valence-electron chi connectivity index (χ2n) is 5.89. The second kappa shape index (κ2) is 6.73. The van der Waals surface area contributed by atoms with Crippen molar-refractivity contribution in [3.63, 3.8) is 0 Å². The molecule has 0 heterocycles. The highest BCUT2D eigenvalue weighted by Crippen LogP contribution is 2.18. The van der Waals surface area contributed by atoms with E-state index in [4.69, 9.17) is 0 Å². The van der Waals surface area contributed by atoms with Crippen LogP contribution in [0.1, 0.15) is 46.5 Å². The molecular formula is C13H25N3O2. The van der Waals surface area contributed by atoms with Crippen molar-refractivity contribution in [3.8, 4) is 0 Å². The van der Waals surface area contributed by atoms with Crippen LogP contribution >= 0.6 is 0 Å². The lowest BCUT2D eigenvalue weighted by molar-refractivity contribution is -0.122. The molecule has 1 aliphatic carbocycles. The predicted molar refractivity (Wildman–Crippen MR) is 71.2 cm³/mol. The van der Waals surface area contributed by atoms with E-state index in [0.29, 0.717) is 32.0 Å². The zero-order chi connectivity index (χ0) is 13.6. The number of hydrogen-bond donors (Lipinski definition) is 3. The van der Waals surface area contributed by atoms with Crippen LogP contribution in [0.15, 0.2) is 0 Å².